The third-order valence-electron chi connectivity index (χ3n) is 4.93. The van der Waals surface area contributed by atoms with Crippen LogP contribution in [-0.4, -0.2) is 23.2 Å². The number of amides is 1. The minimum Gasteiger partial charge on any atom is -0.493 e. The fraction of sp³-hybridized carbons (Fsp3) is 0.154. The van der Waals surface area contributed by atoms with Crippen molar-refractivity contribution in [3.63, 3.8) is 0 Å². The Morgan fingerprint density at radius 3 is 2.33 bits per heavy atom. The van der Waals surface area contributed by atoms with Gasteiger partial charge in [-0.25, -0.2) is 0 Å². The largest absolute Gasteiger partial charge is 0.493 e. The first-order valence-corrected chi connectivity index (χ1v) is 10.2. The lowest BCUT2D eigenvalue weighted by molar-refractivity contribution is -0.128. The number of rotatable bonds is 6. The number of benzene rings is 3. The molecular formula is C26H24N2O2. The Morgan fingerprint density at radius 1 is 0.933 bits per heavy atom. The van der Waals surface area contributed by atoms with E-state index in [1.54, 1.807) is 5.01 Å². The molecule has 1 heterocycles. The van der Waals surface area contributed by atoms with Crippen molar-refractivity contribution in [3.8, 4) is 5.75 Å². The Kier molecular flexibility index (Phi) is 6.04. The van der Waals surface area contributed by atoms with E-state index >= 15 is 0 Å². The molecule has 0 aliphatic carbocycles. The topological polar surface area (TPSA) is 41.9 Å². The van der Waals surface area contributed by atoms with Crippen LogP contribution in [0.5, 0.6) is 5.75 Å². The molecule has 4 nitrogen and oxygen atoms in total. The van der Waals surface area contributed by atoms with Gasteiger partial charge in [0.1, 0.15) is 5.75 Å². The number of hydrogen-bond donors (Lipinski definition) is 0. The fourth-order valence-corrected chi connectivity index (χ4v) is 3.50. The summed E-state index contributed by atoms with van der Waals surface area (Å²) in [4.78, 5) is 12.9. The first-order valence-electron chi connectivity index (χ1n) is 10.2. The monoisotopic (exact) mass is 396 g/mol. The Morgan fingerprint density at radius 2 is 1.60 bits per heavy atom. The first-order chi connectivity index (χ1) is 14.8. The van der Waals surface area contributed by atoms with Crippen LogP contribution in [0.3, 0.4) is 0 Å². The number of hydrazone groups is 1. The normalized spacial score (nSPS) is 14.4. The number of para-hydroxylation sites is 1. The second kappa shape index (κ2) is 9.23. The smallest absolute Gasteiger partial charge is 0.247 e. The molecule has 4 rings (SSSR count). The van der Waals surface area contributed by atoms with Gasteiger partial charge in [-0.15, -0.1) is 0 Å². The maximum Gasteiger partial charge on any atom is 0.247 e. The summed E-state index contributed by atoms with van der Waals surface area (Å²) in [5.74, 6) is 0.778. The van der Waals surface area contributed by atoms with Crippen molar-refractivity contribution in [2.45, 2.75) is 19.8 Å². The molecular weight excluding hydrogens is 372 g/mol. The molecule has 0 atom stereocenters. The fourth-order valence-electron chi connectivity index (χ4n) is 3.50. The predicted molar refractivity (Wildman–Crippen MR) is 121 cm³/mol. The molecule has 0 saturated heterocycles. The van der Waals surface area contributed by atoms with E-state index in [-0.39, 0.29) is 5.91 Å². The summed E-state index contributed by atoms with van der Waals surface area (Å²) >= 11 is 0. The van der Waals surface area contributed by atoms with E-state index < -0.39 is 0 Å². The molecule has 30 heavy (non-hydrogen) atoms. The molecule has 0 unspecified atom stereocenters. The van der Waals surface area contributed by atoms with Crippen LogP contribution in [0.4, 0.5) is 0 Å². The van der Waals surface area contributed by atoms with Crippen molar-refractivity contribution in [3.05, 3.63) is 102 Å². The summed E-state index contributed by atoms with van der Waals surface area (Å²) < 4.78 is 5.79. The van der Waals surface area contributed by atoms with Gasteiger partial charge in [0.15, 0.2) is 0 Å². The second-order valence-corrected chi connectivity index (χ2v) is 6.99. The third kappa shape index (κ3) is 4.33. The summed E-state index contributed by atoms with van der Waals surface area (Å²) in [6.45, 7) is 2.54. The molecule has 1 aliphatic rings. The van der Waals surface area contributed by atoms with Crippen molar-refractivity contribution in [1.82, 2.24) is 5.01 Å². The summed E-state index contributed by atoms with van der Waals surface area (Å²) in [6, 6.07) is 27.8. The van der Waals surface area contributed by atoms with Crippen molar-refractivity contribution in [1.29, 1.82) is 0 Å². The van der Waals surface area contributed by atoms with Crippen LogP contribution in [0.2, 0.25) is 0 Å². The van der Waals surface area contributed by atoms with E-state index in [0.29, 0.717) is 19.4 Å². The number of ether oxygens (including phenoxy) is 1. The van der Waals surface area contributed by atoms with Crippen molar-refractivity contribution in [2.75, 3.05) is 6.61 Å². The molecule has 1 amide bonds. The van der Waals surface area contributed by atoms with Crippen molar-refractivity contribution in [2.24, 2.45) is 5.10 Å². The third-order valence-corrected chi connectivity index (χ3v) is 4.93. The van der Waals surface area contributed by atoms with Gasteiger partial charge < -0.3 is 4.74 Å². The molecule has 0 radical (unpaired) electrons. The molecule has 1 aliphatic heterocycles. The molecule has 0 N–H and O–H groups in total. The average molecular weight is 396 g/mol. The van der Waals surface area contributed by atoms with E-state index in [1.165, 1.54) is 0 Å². The van der Waals surface area contributed by atoms with E-state index in [9.17, 15) is 4.79 Å². The predicted octanol–water partition coefficient (Wildman–Crippen LogP) is 5.61. The van der Waals surface area contributed by atoms with Gasteiger partial charge in [-0.2, -0.15) is 10.1 Å². The van der Waals surface area contributed by atoms with Crippen LogP contribution in [0.15, 0.2) is 90.0 Å². The highest BCUT2D eigenvalue weighted by Crippen LogP contribution is 2.29. The Labute approximate surface area is 177 Å². The molecule has 4 heteroatoms. The molecule has 0 aromatic heterocycles. The van der Waals surface area contributed by atoms with Crippen LogP contribution >= 0.6 is 0 Å². The maximum atomic E-state index is 12.9. The average Bonchev–Trinajstić information content (AvgIpc) is 2.80. The molecule has 3 aromatic carbocycles. The maximum absolute atomic E-state index is 12.9. The summed E-state index contributed by atoms with van der Waals surface area (Å²) in [5.41, 5.74) is 4.51. The molecule has 0 fully saturated rings. The van der Waals surface area contributed by atoms with E-state index in [0.717, 1.165) is 33.8 Å². The lowest BCUT2D eigenvalue weighted by Crippen LogP contribution is -2.31. The Balaban J connectivity index is 1.81. The van der Waals surface area contributed by atoms with E-state index in [2.05, 4.69) is 0 Å². The lowest BCUT2D eigenvalue weighted by Gasteiger charge is -2.27. The molecule has 3 aromatic rings. The highest BCUT2D eigenvalue weighted by molar-refractivity contribution is 6.08. The van der Waals surface area contributed by atoms with Gasteiger partial charge in [0, 0.05) is 24.0 Å². The highest BCUT2D eigenvalue weighted by Gasteiger charge is 2.26. The lowest BCUT2D eigenvalue weighted by atomic mass is 10.0. The highest BCUT2D eigenvalue weighted by atomic mass is 16.5. The summed E-state index contributed by atoms with van der Waals surface area (Å²) in [5, 5.41) is 6.35. The molecule has 0 spiro atoms. The zero-order valence-electron chi connectivity index (χ0n) is 17.0. The van der Waals surface area contributed by atoms with Gasteiger partial charge in [-0.05, 0) is 30.7 Å². The van der Waals surface area contributed by atoms with Crippen molar-refractivity contribution >= 4 is 23.4 Å². The zero-order chi connectivity index (χ0) is 20.8. The van der Waals surface area contributed by atoms with Crippen LogP contribution in [0, 0.1) is 0 Å². The second-order valence-electron chi connectivity index (χ2n) is 6.99. The first kappa shape index (κ1) is 19.6. The zero-order valence-corrected chi connectivity index (χ0v) is 17.0. The van der Waals surface area contributed by atoms with Gasteiger partial charge in [0.2, 0.25) is 5.91 Å². The number of carbonyl (C=O) groups is 1. The van der Waals surface area contributed by atoms with Gasteiger partial charge >= 0.3 is 0 Å². The summed E-state index contributed by atoms with van der Waals surface area (Å²) in [6.07, 6.45) is 3.00. The van der Waals surface area contributed by atoms with Gasteiger partial charge in [-0.1, -0.05) is 72.8 Å². The minimum atomic E-state index is -0.0151. The van der Waals surface area contributed by atoms with Gasteiger partial charge in [0.05, 0.1) is 18.0 Å². The standard InChI is InChI=1S/C26H24N2O2/c1-2-30-25-16-10-9-15-22(25)23-17-18-26(29)28(27-23)24(21-13-7-4-8-14-21)19-20-11-5-3-6-12-20/h3-16,19H,2,17-18H2,1H3/b24-19+. The Hall–Kier alpha value is -3.66. The van der Waals surface area contributed by atoms with E-state index in [1.807, 2.05) is 97.9 Å². The van der Waals surface area contributed by atoms with Crippen molar-refractivity contribution < 1.29 is 9.53 Å². The minimum absolute atomic E-state index is 0.0151. The van der Waals surface area contributed by atoms with Gasteiger partial charge in [-0.3, -0.25) is 4.79 Å². The van der Waals surface area contributed by atoms with Crippen LogP contribution in [0.25, 0.3) is 11.8 Å². The number of hydrogen-bond acceptors (Lipinski definition) is 3. The van der Waals surface area contributed by atoms with Crippen LogP contribution in [-0.2, 0) is 4.79 Å². The SMILES string of the molecule is CCOc1ccccc1C1=NN(/C(=C/c2ccccc2)c2ccccc2)C(=O)CC1. The summed E-state index contributed by atoms with van der Waals surface area (Å²) in [7, 11) is 0. The van der Waals surface area contributed by atoms with E-state index in [4.69, 9.17) is 9.84 Å². The quantitative estimate of drug-likeness (QED) is 0.508. The van der Waals surface area contributed by atoms with Crippen LogP contribution in [0.1, 0.15) is 36.5 Å². The molecule has 0 bridgehead atoms. The Bertz CT molecular complexity index is 1070. The number of nitrogens with zero attached hydrogens (tertiary/aromatic N) is 2. The van der Waals surface area contributed by atoms with Crippen LogP contribution < -0.4 is 4.74 Å². The number of carbonyl (C=O) groups excluding carboxylic acids is 1. The molecule has 0 saturated carbocycles. The molecule has 150 valence electrons. The van der Waals surface area contributed by atoms with Gasteiger partial charge in [0.25, 0.3) is 0 Å².